The van der Waals surface area contributed by atoms with Crippen LogP contribution in [0.5, 0.6) is 5.75 Å². The van der Waals surface area contributed by atoms with Crippen LogP contribution >= 0.6 is 7.75 Å². The van der Waals surface area contributed by atoms with Crippen molar-refractivity contribution in [1.29, 1.82) is 0 Å². The molecule has 0 spiro atoms. The van der Waals surface area contributed by atoms with E-state index in [1.165, 1.54) is 38.2 Å². The predicted octanol–water partition coefficient (Wildman–Crippen LogP) is 1.90. The summed E-state index contributed by atoms with van der Waals surface area (Å²) in [5, 5.41) is 17.2. The van der Waals surface area contributed by atoms with Gasteiger partial charge >= 0.3 is 19.4 Å². The minimum Gasteiger partial charge on any atom is -0.465 e. The fraction of sp³-hybridized carbons (Fsp3) is 0.476. The highest BCUT2D eigenvalue weighted by molar-refractivity contribution is 7.52. The Kier molecular flexibility index (Phi) is 8.92. The highest BCUT2D eigenvalue weighted by atomic mass is 31.2. The number of ether oxygens (including phenoxy) is 2. The number of aromatic nitrogens is 2. The summed E-state index contributed by atoms with van der Waals surface area (Å²) in [5.41, 5.74) is 12.2. The molecule has 0 amide bonds. The van der Waals surface area contributed by atoms with E-state index in [1.807, 2.05) is 0 Å². The molecule has 1 aliphatic rings. The van der Waals surface area contributed by atoms with Gasteiger partial charge in [-0.05, 0) is 44.5 Å². The molecule has 1 aromatic carbocycles. The SMILES string of the molecule is CCOC(=O)[C@H](C)NP(=O)(OC[C@H]1OC(n2ccc(N)nc2=O)[C@](C)(N=[N+]=[N-])[C@@H]1O)Oc1ccccc1. The van der Waals surface area contributed by atoms with Crippen molar-refractivity contribution in [3.05, 3.63) is 63.5 Å². The van der Waals surface area contributed by atoms with Gasteiger partial charge in [0.05, 0.1) is 19.3 Å². The van der Waals surface area contributed by atoms with Gasteiger partial charge in [0, 0.05) is 11.1 Å². The van der Waals surface area contributed by atoms with Gasteiger partial charge in [-0.3, -0.25) is 13.9 Å². The van der Waals surface area contributed by atoms with Crippen LogP contribution in [-0.2, 0) is 23.4 Å². The molecule has 200 valence electrons. The predicted molar refractivity (Wildman–Crippen MR) is 130 cm³/mol. The lowest BCUT2D eigenvalue weighted by atomic mass is 9.93. The van der Waals surface area contributed by atoms with Crippen molar-refractivity contribution in [2.75, 3.05) is 18.9 Å². The molecule has 3 rings (SSSR count). The van der Waals surface area contributed by atoms with E-state index in [0.717, 1.165) is 4.57 Å². The van der Waals surface area contributed by atoms with E-state index in [1.54, 1.807) is 25.1 Å². The number of nitrogens with two attached hydrogens (primary N) is 1. The molecule has 0 saturated carbocycles. The van der Waals surface area contributed by atoms with E-state index in [0.29, 0.717) is 0 Å². The minimum atomic E-state index is -4.26. The highest BCUT2D eigenvalue weighted by Crippen LogP contribution is 2.47. The van der Waals surface area contributed by atoms with Crippen LogP contribution in [-0.4, -0.2) is 57.6 Å². The first-order chi connectivity index (χ1) is 17.5. The fourth-order valence-corrected chi connectivity index (χ4v) is 5.13. The van der Waals surface area contributed by atoms with Crippen molar-refractivity contribution in [2.45, 2.75) is 50.8 Å². The average Bonchev–Trinajstić information content (AvgIpc) is 3.08. The number of hydrogen-bond donors (Lipinski definition) is 3. The van der Waals surface area contributed by atoms with Gasteiger partial charge in [-0.15, -0.1) is 0 Å². The van der Waals surface area contributed by atoms with Gasteiger partial charge < -0.3 is 24.8 Å². The topological polar surface area (TPSA) is 213 Å². The van der Waals surface area contributed by atoms with Gasteiger partial charge in [0.25, 0.3) is 0 Å². The van der Waals surface area contributed by atoms with Crippen LogP contribution in [0.4, 0.5) is 5.82 Å². The largest absolute Gasteiger partial charge is 0.465 e. The summed E-state index contributed by atoms with van der Waals surface area (Å²) in [6, 6.07) is 8.33. The van der Waals surface area contributed by atoms with Crippen molar-refractivity contribution < 1.29 is 33.0 Å². The first-order valence-corrected chi connectivity index (χ1v) is 12.8. The van der Waals surface area contributed by atoms with Crippen LogP contribution in [0.1, 0.15) is 27.0 Å². The Morgan fingerprint density at radius 1 is 1.43 bits per heavy atom. The van der Waals surface area contributed by atoms with E-state index in [-0.39, 0.29) is 18.2 Å². The molecule has 1 fully saturated rings. The monoisotopic (exact) mass is 537 g/mol. The minimum absolute atomic E-state index is 0.0361. The number of aliphatic hydroxyl groups is 1. The zero-order valence-electron chi connectivity index (χ0n) is 20.3. The van der Waals surface area contributed by atoms with Crippen molar-refractivity contribution in [3.8, 4) is 5.75 Å². The van der Waals surface area contributed by atoms with Gasteiger partial charge in [-0.2, -0.15) is 10.1 Å². The van der Waals surface area contributed by atoms with Crippen LogP contribution < -0.4 is 21.0 Å². The molecule has 15 nitrogen and oxygen atoms in total. The first-order valence-electron chi connectivity index (χ1n) is 11.2. The number of nitrogen functional groups attached to an aromatic ring is 1. The summed E-state index contributed by atoms with van der Waals surface area (Å²) in [6.07, 6.45) is -2.76. The molecule has 1 aromatic heterocycles. The third-order valence-corrected chi connectivity index (χ3v) is 7.13. The lowest BCUT2D eigenvalue weighted by Gasteiger charge is -2.28. The number of nitrogens with zero attached hydrogens (tertiary/aromatic N) is 5. The maximum Gasteiger partial charge on any atom is 0.459 e. The lowest BCUT2D eigenvalue weighted by Crippen LogP contribution is -2.45. The van der Waals surface area contributed by atoms with Gasteiger partial charge in [0.1, 0.15) is 29.3 Å². The Labute approximate surface area is 211 Å². The number of hydrogen-bond acceptors (Lipinski definition) is 11. The number of carbonyl (C=O) groups excluding carboxylic acids is 1. The number of para-hydroxylation sites is 1. The summed E-state index contributed by atoms with van der Waals surface area (Å²) in [4.78, 5) is 30.9. The second-order valence-corrected chi connectivity index (χ2v) is 9.92. The van der Waals surface area contributed by atoms with Crippen molar-refractivity contribution in [1.82, 2.24) is 14.6 Å². The molecule has 0 radical (unpaired) electrons. The van der Waals surface area contributed by atoms with Crippen LogP contribution in [0.25, 0.3) is 10.4 Å². The van der Waals surface area contributed by atoms with E-state index in [9.17, 15) is 19.3 Å². The molecule has 0 aliphatic carbocycles. The Morgan fingerprint density at radius 2 is 2.14 bits per heavy atom. The molecule has 6 atom stereocenters. The maximum atomic E-state index is 13.6. The van der Waals surface area contributed by atoms with Gasteiger partial charge in [0.2, 0.25) is 0 Å². The molecule has 1 saturated heterocycles. The Bertz CT molecular complexity index is 1250. The number of anilines is 1. The van der Waals surface area contributed by atoms with Crippen LogP contribution in [0.2, 0.25) is 0 Å². The summed E-state index contributed by atoms with van der Waals surface area (Å²) in [5.74, 6) is -0.545. The highest BCUT2D eigenvalue weighted by Gasteiger charge is 2.55. The molecule has 0 bridgehead atoms. The van der Waals surface area contributed by atoms with E-state index >= 15 is 0 Å². The zero-order valence-corrected chi connectivity index (χ0v) is 21.2. The van der Waals surface area contributed by atoms with Gasteiger partial charge in [0.15, 0.2) is 6.23 Å². The summed E-state index contributed by atoms with van der Waals surface area (Å²) in [7, 11) is -4.26. The number of nitrogens with one attached hydrogen (secondary N) is 1. The molecular formula is C21H28N7O8P. The fourth-order valence-electron chi connectivity index (χ4n) is 3.63. The van der Waals surface area contributed by atoms with Crippen molar-refractivity contribution in [2.24, 2.45) is 5.11 Å². The number of esters is 1. The van der Waals surface area contributed by atoms with Gasteiger partial charge in [-0.25, -0.2) is 9.36 Å². The number of aliphatic hydroxyl groups excluding tert-OH is 1. The number of rotatable bonds is 11. The molecule has 16 heteroatoms. The summed E-state index contributed by atoms with van der Waals surface area (Å²) < 4.78 is 36.5. The standard InChI is InChI=1S/C21H28N7O8P/c1-4-33-18(30)13(2)25-37(32,36-14-8-6-5-7-9-14)34-12-15-17(29)21(3,26-27-23)19(35-15)28-11-10-16(22)24-20(28)31/h5-11,13,15,17,19,29H,4,12H2,1-3H3,(H,25,32)(H2,22,24,31)/t13-,15+,17+,19?,21+,37?/m0/s1. The van der Waals surface area contributed by atoms with E-state index in [4.69, 9.17) is 29.8 Å². The van der Waals surface area contributed by atoms with Gasteiger partial charge in [-0.1, -0.05) is 23.3 Å². The molecule has 1 aliphatic heterocycles. The van der Waals surface area contributed by atoms with E-state index in [2.05, 4.69) is 20.1 Å². The number of carbonyl (C=O) groups is 1. The Balaban J connectivity index is 1.86. The molecule has 2 unspecified atom stereocenters. The van der Waals surface area contributed by atoms with E-state index < -0.39 is 56.0 Å². The normalized spacial score (nSPS) is 25.5. The summed E-state index contributed by atoms with van der Waals surface area (Å²) >= 11 is 0. The third kappa shape index (κ3) is 6.46. The van der Waals surface area contributed by atoms with Crippen molar-refractivity contribution >= 4 is 19.5 Å². The quantitative estimate of drug-likeness (QED) is 0.124. The van der Waals surface area contributed by atoms with Crippen LogP contribution in [0.3, 0.4) is 0 Å². The molecule has 2 aromatic rings. The number of benzene rings is 1. The Morgan fingerprint density at radius 3 is 2.76 bits per heavy atom. The van der Waals surface area contributed by atoms with Crippen LogP contribution in [0.15, 0.2) is 52.5 Å². The van der Waals surface area contributed by atoms with Crippen LogP contribution in [0, 0.1) is 0 Å². The number of azide groups is 1. The molecular weight excluding hydrogens is 509 g/mol. The zero-order chi connectivity index (χ0) is 27.2. The second-order valence-electron chi connectivity index (χ2n) is 8.23. The first kappa shape index (κ1) is 28.1. The molecule has 4 N–H and O–H groups in total. The third-order valence-electron chi connectivity index (χ3n) is 5.49. The second kappa shape index (κ2) is 11.7. The maximum absolute atomic E-state index is 13.6. The molecule has 37 heavy (non-hydrogen) atoms. The average molecular weight is 537 g/mol. The Hall–Kier alpha value is -3.45. The summed E-state index contributed by atoms with van der Waals surface area (Å²) in [6.45, 7) is 3.98. The lowest BCUT2D eigenvalue weighted by molar-refractivity contribution is -0.144. The van der Waals surface area contributed by atoms with Crippen molar-refractivity contribution in [3.63, 3.8) is 0 Å². The smallest absolute Gasteiger partial charge is 0.459 e. The molecule has 2 heterocycles.